The number of hydrogen-bond acceptors (Lipinski definition) is 4. The Labute approximate surface area is 147 Å². The fraction of sp³-hybridized carbons (Fsp3) is 0.526. The van der Waals surface area contributed by atoms with Crippen molar-refractivity contribution in [1.82, 2.24) is 19.7 Å². The summed E-state index contributed by atoms with van der Waals surface area (Å²) in [6.07, 6.45) is 5.97. The second-order valence-corrected chi connectivity index (χ2v) is 6.81. The van der Waals surface area contributed by atoms with Crippen LogP contribution in [0.1, 0.15) is 54.6 Å². The van der Waals surface area contributed by atoms with E-state index in [1.807, 2.05) is 29.2 Å². The van der Waals surface area contributed by atoms with E-state index in [0.717, 1.165) is 43.2 Å². The lowest BCUT2D eigenvalue weighted by atomic mass is 10.1. The Hall–Kier alpha value is -2.37. The molecule has 25 heavy (non-hydrogen) atoms. The molecule has 132 valence electrons. The largest absolute Gasteiger partial charge is 0.490 e. The van der Waals surface area contributed by atoms with Gasteiger partial charge in [0.25, 0.3) is 5.91 Å². The van der Waals surface area contributed by atoms with Crippen LogP contribution in [0.5, 0.6) is 5.75 Å². The van der Waals surface area contributed by atoms with Gasteiger partial charge in [0, 0.05) is 25.1 Å². The van der Waals surface area contributed by atoms with E-state index in [4.69, 9.17) is 4.74 Å². The summed E-state index contributed by atoms with van der Waals surface area (Å²) in [5.41, 5.74) is 0.697. The lowest BCUT2D eigenvalue weighted by Crippen LogP contribution is -2.38. The molecule has 1 amide bonds. The molecule has 1 saturated carbocycles. The van der Waals surface area contributed by atoms with E-state index in [9.17, 15) is 4.79 Å². The summed E-state index contributed by atoms with van der Waals surface area (Å²) >= 11 is 0. The highest BCUT2D eigenvalue weighted by atomic mass is 16.5. The van der Waals surface area contributed by atoms with Gasteiger partial charge in [-0.25, -0.2) is 0 Å². The molecule has 0 bridgehead atoms. The van der Waals surface area contributed by atoms with E-state index in [1.165, 1.54) is 12.8 Å². The second-order valence-electron chi connectivity index (χ2n) is 6.81. The quantitative estimate of drug-likeness (QED) is 0.859. The first-order chi connectivity index (χ1) is 12.2. The number of benzene rings is 1. The van der Waals surface area contributed by atoms with Crippen LogP contribution in [0, 0.1) is 0 Å². The number of rotatable bonds is 4. The Morgan fingerprint density at radius 2 is 1.92 bits per heavy atom. The summed E-state index contributed by atoms with van der Waals surface area (Å²) in [6, 6.07) is 7.55. The van der Waals surface area contributed by atoms with Gasteiger partial charge in [-0.3, -0.25) is 4.79 Å². The van der Waals surface area contributed by atoms with Gasteiger partial charge < -0.3 is 14.2 Å². The minimum Gasteiger partial charge on any atom is -0.490 e. The van der Waals surface area contributed by atoms with Gasteiger partial charge in [-0.2, -0.15) is 0 Å². The molecule has 0 radical (unpaired) electrons. The summed E-state index contributed by atoms with van der Waals surface area (Å²) in [7, 11) is 0. The summed E-state index contributed by atoms with van der Waals surface area (Å²) in [6.45, 7) is 4.05. The number of amides is 1. The molecule has 6 nitrogen and oxygen atoms in total. The van der Waals surface area contributed by atoms with Crippen LogP contribution >= 0.6 is 0 Å². The molecular weight excluding hydrogens is 316 g/mol. The average Bonchev–Trinajstić information content (AvgIpc) is 3.30. The highest BCUT2D eigenvalue weighted by molar-refractivity contribution is 5.94. The molecule has 2 aliphatic rings. The van der Waals surface area contributed by atoms with Gasteiger partial charge >= 0.3 is 0 Å². The maximum absolute atomic E-state index is 12.8. The van der Waals surface area contributed by atoms with Crippen LogP contribution in [0.25, 0.3) is 0 Å². The van der Waals surface area contributed by atoms with Crippen molar-refractivity contribution >= 4 is 5.91 Å². The number of aryl methyl sites for hydroxylation is 1. The van der Waals surface area contributed by atoms with Crippen LogP contribution in [0.15, 0.2) is 24.3 Å². The maximum atomic E-state index is 12.8. The molecule has 4 rings (SSSR count). The summed E-state index contributed by atoms with van der Waals surface area (Å²) in [5, 5.41) is 8.43. The number of ether oxygens (including phenoxy) is 1. The van der Waals surface area contributed by atoms with Crippen LogP contribution < -0.4 is 4.74 Å². The van der Waals surface area contributed by atoms with Gasteiger partial charge in [0.05, 0.1) is 12.6 Å². The van der Waals surface area contributed by atoms with Gasteiger partial charge in [-0.05, 0) is 49.9 Å². The number of carbonyl (C=O) groups excluding carboxylic acids is 1. The SMILES string of the molecule is CCc1nnc2n1CCN(C(=O)c1ccc(OC3CCCC3)cc1)C2. The first-order valence-corrected chi connectivity index (χ1v) is 9.21. The molecular formula is C19H24N4O2. The lowest BCUT2D eigenvalue weighted by molar-refractivity contribution is 0.0706. The van der Waals surface area contributed by atoms with Crippen molar-refractivity contribution in [3.05, 3.63) is 41.5 Å². The first kappa shape index (κ1) is 16.1. The summed E-state index contributed by atoms with van der Waals surface area (Å²) < 4.78 is 8.10. The highest BCUT2D eigenvalue weighted by Crippen LogP contribution is 2.24. The van der Waals surface area contributed by atoms with Crippen LogP contribution in [0.2, 0.25) is 0 Å². The molecule has 1 fully saturated rings. The molecule has 0 spiro atoms. The van der Waals surface area contributed by atoms with Crippen molar-refractivity contribution in [3.8, 4) is 5.75 Å². The van der Waals surface area contributed by atoms with Crippen LogP contribution in [-0.4, -0.2) is 38.2 Å². The third kappa shape index (κ3) is 3.25. The molecule has 0 saturated heterocycles. The molecule has 6 heteroatoms. The van der Waals surface area contributed by atoms with Crippen molar-refractivity contribution in [2.45, 2.75) is 58.2 Å². The predicted molar refractivity (Wildman–Crippen MR) is 93.5 cm³/mol. The smallest absolute Gasteiger partial charge is 0.254 e. The molecule has 2 heterocycles. The fourth-order valence-corrected chi connectivity index (χ4v) is 3.71. The van der Waals surface area contributed by atoms with Crippen LogP contribution in [-0.2, 0) is 19.5 Å². The lowest BCUT2D eigenvalue weighted by Gasteiger charge is -2.28. The normalized spacial score (nSPS) is 17.6. The van der Waals surface area contributed by atoms with E-state index in [2.05, 4.69) is 21.7 Å². The van der Waals surface area contributed by atoms with Gasteiger partial charge in [0.1, 0.15) is 11.6 Å². The number of fused-ring (bicyclic) bond motifs is 1. The molecule has 0 unspecified atom stereocenters. The van der Waals surface area contributed by atoms with Crippen molar-refractivity contribution in [3.63, 3.8) is 0 Å². The van der Waals surface area contributed by atoms with E-state index >= 15 is 0 Å². The Kier molecular flexibility index (Phi) is 4.42. The molecule has 1 aliphatic carbocycles. The molecule has 1 aromatic carbocycles. The Morgan fingerprint density at radius 1 is 1.16 bits per heavy atom. The number of nitrogens with zero attached hydrogens (tertiary/aromatic N) is 4. The Morgan fingerprint density at radius 3 is 2.64 bits per heavy atom. The van der Waals surface area contributed by atoms with Crippen LogP contribution in [0.4, 0.5) is 0 Å². The first-order valence-electron chi connectivity index (χ1n) is 9.21. The molecule has 1 aliphatic heterocycles. The minimum absolute atomic E-state index is 0.0414. The Bertz CT molecular complexity index is 747. The number of aromatic nitrogens is 3. The van der Waals surface area contributed by atoms with E-state index in [0.29, 0.717) is 24.8 Å². The number of hydrogen-bond donors (Lipinski definition) is 0. The van der Waals surface area contributed by atoms with Gasteiger partial charge in [0.2, 0.25) is 0 Å². The third-order valence-electron chi connectivity index (χ3n) is 5.14. The van der Waals surface area contributed by atoms with E-state index in [-0.39, 0.29) is 5.91 Å². The molecule has 0 N–H and O–H groups in total. The average molecular weight is 340 g/mol. The maximum Gasteiger partial charge on any atom is 0.254 e. The predicted octanol–water partition coefficient (Wildman–Crippen LogP) is 2.82. The standard InChI is InChI=1S/C19H24N4O2/c1-2-17-20-21-18-13-22(11-12-23(17)18)19(24)14-7-9-16(10-8-14)25-15-5-3-4-6-15/h7-10,15H,2-6,11-13H2,1H3. The van der Waals surface area contributed by atoms with E-state index < -0.39 is 0 Å². The Balaban J connectivity index is 1.42. The number of carbonyl (C=O) groups is 1. The van der Waals surface area contributed by atoms with Gasteiger partial charge in [-0.1, -0.05) is 6.92 Å². The van der Waals surface area contributed by atoms with Crippen LogP contribution in [0.3, 0.4) is 0 Å². The summed E-state index contributed by atoms with van der Waals surface area (Å²) in [5.74, 6) is 2.77. The van der Waals surface area contributed by atoms with Crippen molar-refractivity contribution < 1.29 is 9.53 Å². The van der Waals surface area contributed by atoms with Gasteiger partial charge in [0.15, 0.2) is 5.82 Å². The van der Waals surface area contributed by atoms with Crippen molar-refractivity contribution in [1.29, 1.82) is 0 Å². The third-order valence-corrected chi connectivity index (χ3v) is 5.14. The van der Waals surface area contributed by atoms with Gasteiger partial charge in [-0.15, -0.1) is 10.2 Å². The zero-order valence-corrected chi connectivity index (χ0v) is 14.6. The second kappa shape index (κ2) is 6.86. The zero-order chi connectivity index (χ0) is 17.2. The summed E-state index contributed by atoms with van der Waals surface area (Å²) in [4.78, 5) is 14.6. The minimum atomic E-state index is 0.0414. The van der Waals surface area contributed by atoms with Crippen molar-refractivity contribution in [2.75, 3.05) is 6.54 Å². The monoisotopic (exact) mass is 340 g/mol. The molecule has 2 aromatic rings. The van der Waals surface area contributed by atoms with E-state index in [1.54, 1.807) is 0 Å². The topological polar surface area (TPSA) is 60.2 Å². The fourth-order valence-electron chi connectivity index (χ4n) is 3.71. The molecule has 1 aromatic heterocycles. The molecule has 0 atom stereocenters. The highest BCUT2D eigenvalue weighted by Gasteiger charge is 2.25. The zero-order valence-electron chi connectivity index (χ0n) is 14.6. The van der Waals surface area contributed by atoms with Crippen molar-refractivity contribution in [2.24, 2.45) is 0 Å².